The lowest BCUT2D eigenvalue weighted by molar-refractivity contribution is -0.160. The van der Waals surface area contributed by atoms with Crippen molar-refractivity contribution in [2.45, 2.75) is 77.4 Å². The molecule has 2 fully saturated rings. The highest BCUT2D eigenvalue weighted by Crippen LogP contribution is 2.34. The zero-order valence-electron chi connectivity index (χ0n) is 12.7. The lowest BCUT2D eigenvalue weighted by Gasteiger charge is -2.37. The minimum Gasteiger partial charge on any atom is -0.461 e. The molecule has 0 spiro atoms. The van der Waals surface area contributed by atoms with Crippen molar-refractivity contribution in [3.63, 3.8) is 0 Å². The van der Waals surface area contributed by atoms with Gasteiger partial charge in [0.05, 0.1) is 0 Å². The molecule has 2 N–H and O–H groups in total. The summed E-state index contributed by atoms with van der Waals surface area (Å²) in [6, 6.07) is 0. The number of hydrogen-bond donors (Lipinski definition) is 1. The molecular weight excluding hydrogens is 238 g/mol. The Labute approximate surface area is 117 Å². The number of hydrogen-bond acceptors (Lipinski definition) is 3. The van der Waals surface area contributed by atoms with Crippen LogP contribution in [0.3, 0.4) is 0 Å². The second kappa shape index (κ2) is 5.82. The van der Waals surface area contributed by atoms with Crippen molar-refractivity contribution in [2.24, 2.45) is 23.5 Å². The maximum atomic E-state index is 12.4. The number of nitrogens with two attached hydrogens (primary N) is 1. The summed E-state index contributed by atoms with van der Waals surface area (Å²) < 4.78 is 5.75. The van der Waals surface area contributed by atoms with Crippen molar-refractivity contribution in [2.75, 3.05) is 0 Å². The van der Waals surface area contributed by atoms with E-state index in [-0.39, 0.29) is 12.1 Å². The zero-order chi connectivity index (χ0) is 14.0. The van der Waals surface area contributed by atoms with Gasteiger partial charge in [0, 0.05) is 0 Å². The summed E-state index contributed by atoms with van der Waals surface area (Å²) in [5.41, 5.74) is 5.56. The SMILES string of the molecule is CC1CCC(N)(C(=O)OC2CC(C)CC(C)C2)CC1. The first-order valence-electron chi connectivity index (χ1n) is 7.89. The molecule has 3 heteroatoms. The Kier molecular flexibility index (Phi) is 4.54. The maximum absolute atomic E-state index is 12.4. The summed E-state index contributed by atoms with van der Waals surface area (Å²) in [5.74, 6) is 1.85. The molecule has 0 bridgehead atoms. The molecule has 2 aliphatic carbocycles. The minimum atomic E-state index is -0.712. The highest BCUT2D eigenvalue weighted by Gasteiger charge is 2.40. The van der Waals surface area contributed by atoms with Crippen molar-refractivity contribution < 1.29 is 9.53 Å². The third kappa shape index (κ3) is 3.71. The minimum absolute atomic E-state index is 0.0889. The fraction of sp³-hybridized carbons (Fsp3) is 0.938. The van der Waals surface area contributed by atoms with Crippen LogP contribution in [0.2, 0.25) is 0 Å². The van der Waals surface area contributed by atoms with Gasteiger partial charge >= 0.3 is 5.97 Å². The summed E-state index contributed by atoms with van der Waals surface area (Å²) in [6.45, 7) is 6.73. The molecule has 0 amide bonds. The Hall–Kier alpha value is -0.570. The standard InChI is InChI=1S/C16H29NO2/c1-11-4-6-16(17,7-5-11)15(18)19-14-9-12(2)8-13(3)10-14/h11-14H,4-10,17H2,1-3H3. The molecule has 0 radical (unpaired) electrons. The van der Waals surface area contributed by atoms with Crippen LogP contribution < -0.4 is 5.73 Å². The Bertz CT molecular complexity index is 311. The van der Waals surface area contributed by atoms with Gasteiger partial charge in [0.2, 0.25) is 0 Å². The molecule has 0 aromatic rings. The van der Waals surface area contributed by atoms with Gasteiger partial charge in [0.1, 0.15) is 11.6 Å². The van der Waals surface area contributed by atoms with Gasteiger partial charge in [0.25, 0.3) is 0 Å². The largest absolute Gasteiger partial charge is 0.461 e. The van der Waals surface area contributed by atoms with Crippen LogP contribution in [0.25, 0.3) is 0 Å². The van der Waals surface area contributed by atoms with Gasteiger partial charge in [-0.05, 0) is 62.7 Å². The monoisotopic (exact) mass is 267 g/mol. The first kappa shape index (κ1) is 14.8. The summed E-state index contributed by atoms with van der Waals surface area (Å²) in [5, 5.41) is 0. The van der Waals surface area contributed by atoms with Crippen molar-refractivity contribution in [3.05, 3.63) is 0 Å². The van der Waals surface area contributed by atoms with Gasteiger partial charge in [-0.1, -0.05) is 20.8 Å². The van der Waals surface area contributed by atoms with Gasteiger partial charge in [-0.2, -0.15) is 0 Å². The second-order valence-electron chi connectivity index (χ2n) is 7.28. The smallest absolute Gasteiger partial charge is 0.326 e. The summed E-state index contributed by atoms with van der Waals surface area (Å²) in [4.78, 5) is 12.4. The van der Waals surface area contributed by atoms with Crippen LogP contribution in [0, 0.1) is 17.8 Å². The fourth-order valence-electron chi connectivity index (χ4n) is 3.72. The fourth-order valence-corrected chi connectivity index (χ4v) is 3.72. The summed E-state index contributed by atoms with van der Waals surface area (Å²) in [6.07, 6.45) is 7.00. The van der Waals surface area contributed by atoms with E-state index >= 15 is 0 Å². The number of rotatable bonds is 2. The highest BCUT2D eigenvalue weighted by molar-refractivity contribution is 5.80. The molecule has 0 saturated heterocycles. The summed E-state index contributed by atoms with van der Waals surface area (Å²) >= 11 is 0. The van der Waals surface area contributed by atoms with E-state index in [0.29, 0.717) is 17.8 Å². The van der Waals surface area contributed by atoms with Crippen LogP contribution in [0.1, 0.15) is 65.7 Å². The number of ether oxygens (including phenoxy) is 1. The van der Waals surface area contributed by atoms with Crippen molar-refractivity contribution in [3.8, 4) is 0 Å². The Morgan fingerprint density at radius 1 is 1.00 bits per heavy atom. The molecule has 110 valence electrons. The van der Waals surface area contributed by atoms with E-state index < -0.39 is 5.54 Å². The second-order valence-corrected chi connectivity index (χ2v) is 7.28. The topological polar surface area (TPSA) is 52.3 Å². The molecule has 0 aromatic heterocycles. The van der Waals surface area contributed by atoms with Crippen molar-refractivity contribution in [1.29, 1.82) is 0 Å². The first-order chi connectivity index (χ1) is 8.89. The van der Waals surface area contributed by atoms with Crippen LogP contribution >= 0.6 is 0 Å². The molecule has 3 nitrogen and oxygen atoms in total. The Morgan fingerprint density at radius 2 is 1.53 bits per heavy atom. The van der Waals surface area contributed by atoms with E-state index in [1.165, 1.54) is 6.42 Å². The predicted octanol–water partition coefficient (Wildman–Crippen LogP) is 3.26. The van der Waals surface area contributed by atoms with Crippen LogP contribution in [-0.2, 0) is 9.53 Å². The number of esters is 1. The van der Waals surface area contributed by atoms with Crippen LogP contribution in [0.15, 0.2) is 0 Å². The lowest BCUT2D eigenvalue weighted by atomic mass is 9.77. The molecule has 0 aromatic carbocycles. The molecule has 19 heavy (non-hydrogen) atoms. The number of carbonyl (C=O) groups excluding carboxylic acids is 1. The predicted molar refractivity (Wildman–Crippen MR) is 76.6 cm³/mol. The molecule has 2 rings (SSSR count). The Balaban J connectivity index is 1.89. The van der Waals surface area contributed by atoms with Crippen LogP contribution in [-0.4, -0.2) is 17.6 Å². The average Bonchev–Trinajstić information content (AvgIpc) is 2.32. The molecule has 2 unspecified atom stereocenters. The Morgan fingerprint density at radius 3 is 2.05 bits per heavy atom. The number of carbonyl (C=O) groups is 1. The van der Waals surface area contributed by atoms with Gasteiger partial charge in [-0.3, -0.25) is 4.79 Å². The van der Waals surface area contributed by atoms with Crippen LogP contribution in [0.4, 0.5) is 0 Å². The van der Waals surface area contributed by atoms with Crippen molar-refractivity contribution in [1.82, 2.24) is 0 Å². The normalized spacial score (nSPS) is 43.8. The third-order valence-electron chi connectivity index (χ3n) is 4.98. The third-order valence-corrected chi connectivity index (χ3v) is 4.98. The molecule has 0 heterocycles. The quantitative estimate of drug-likeness (QED) is 0.781. The van der Waals surface area contributed by atoms with Crippen molar-refractivity contribution >= 4 is 5.97 Å². The van der Waals surface area contributed by atoms with E-state index in [1.54, 1.807) is 0 Å². The maximum Gasteiger partial charge on any atom is 0.326 e. The summed E-state index contributed by atoms with van der Waals surface area (Å²) in [7, 11) is 0. The molecule has 2 atom stereocenters. The average molecular weight is 267 g/mol. The zero-order valence-corrected chi connectivity index (χ0v) is 12.7. The van der Waals surface area contributed by atoms with E-state index in [9.17, 15) is 4.79 Å². The first-order valence-corrected chi connectivity index (χ1v) is 7.89. The molecule has 2 aliphatic rings. The van der Waals surface area contributed by atoms with E-state index in [1.807, 2.05) is 0 Å². The lowest BCUT2D eigenvalue weighted by Crippen LogP contribution is -2.52. The molecule has 2 saturated carbocycles. The highest BCUT2D eigenvalue weighted by atomic mass is 16.5. The van der Waals surface area contributed by atoms with Gasteiger partial charge in [0.15, 0.2) is 0 Å². The van der Waals surface area contributed by atoms with E-state index in [0.717, 1.165) is 38.5 Å². The van der Waals surface area contributed by atoms with Gasteiger partial charge in [-0.15, -0.1) is 0 Å². The van der Waals surface area contributed by atoms with Gasteiger partial charge in [-0.25, -0.2) is 0 Å². The van der Waals surface area contributed by atoms with Crippen LogP contribution in [0.5, 0.6) is 0 Å². The van der Waals surface area contributed by atoms with E-state index in [2.05, 4.69) is 20.8 Å². The molecular formula is C16H29NO2. The molecule has 0 aliphatic heterocycles. The van der Waals surface area contributed by atoms with E-state index in [4.69, 9.17) is 10.5 Å². The van der Waals surface area contributed by atoms with Gasteiger partial charge < -0.3 is 10.5 Å².